The van der Waals surface area contributed by atoms with Gasteiger partial charge in [0, 0.05) is 31.2 Å². The van der Waals surface area contributed by atoms with Crippen molar-refractivity contribution in [3.8, 4) is 0 Å². The average molecular weight is 401 g/mol. The maximum Gasteiger partial charge on any atom is 0.416 e. The number of hydrogen-bond donors (Lipinski definition) is 2. The Labute approximate surface area is 160 Å². The molecule has 1 aromatic rings. The van der Waals surface area contributed by atoms with E-state index in [1.807, 2.05) is 0 Å². The molecule has 28 heavy (non-hydrogen) atoms. The maximum atomic E-state index is 13.4. The number of amides is 2. The van der Waals surface area contributed by atoms with E-state index in [0.717, 1.165) is 18.9 Å². The molecule has 0 atom stereocenters. The standard InChI is InChI=1S/C19H23F4N3O2/c20-15-8-13(7-14(9-15)19(21,22)23)18(28)25-10-12-3-5-26(6-4-12)17(27)11-24-16-1-2-16/h7-9,12,16,24H,1-6,10-11H2,(H,25,28). The van der Waals surface area contributed by atoms with Crippen LogP contribution in [0.5, 0.6) is 0 Å². The lowest BCUT2D eigenvalue weighted by atomic mass is 9.96. The third-order valence-corrected chi connectivity index (χ3v) is 5.13. The molecular formula is C19H23F4N3O2. The van der Waals surface area contributed by atoms with Crippen LogP contribution in [0.3, 0.4) is 0 Å². The number of halogens is 4. The molecule has 1 saturated carbocycles. The fourth-order valence-electron chi connectivity index (χ4n) is 3.24. The first kappa shape index (κ1) is 20.6. The first-order chi connectivity index (χ1) is 13.2. The summed E-state index contributed by atoms with van der Waals surface area (Å²) in [5.41, 5.74) is -1.55. The van der Waals surface area contributed by atoms with Crippen LogP contribution in [-0.4, -0.2) is 48.9 Å². The van der Waals surface area contributed by atoms with Crippen LogP contribution in [0.4, 0.5) is 17.6 Å². The molecule has 9 heteroatoms. The SMILES string of the molecule is O=C(NCC1CCN(C(=O)CNC2CC2)CC1)c1cc(F)cc(C(F)(F)F)c1. The van der Waals surface area contributed by atoms with E-state index in [-0.39, 0.29) is 23.9 Å². The van der Waals surface area contributed by atoms with E-state index in [1.54, 1.807) is 4.90 Å². The second kappa shape index (κ2) is 8.46. The number of carbonyl (C=O) groups is 2. The van der Waals surface area contributed by atoms with Gasteiger partial charge < -0.3 is 15.5 Å². The number of hydrogen-bond acceptors (Lipinski definition) is 3. The number of nitrogens with zero attached hydrogens (tertiary/aromatic N) is 1. The van der Waals surface area contributed by atoms with Crippen LogP contribution in [0.25, 0.3) is 0 Å². The van der Waals surface area contributed by atoms with Crippen molar-refractivity contribution < 1.29 is 27.2 Å². The van der Waals surface area contributed by atoms with Gasteiger partial charge in [0.2, 0.25) is 5.91 Å². The highest BCUT2D eigenvalue weighted by Gasteiger charge is 2.32. The van der Waals surface area contributed by atoms with E-state index >= 15 is 0 Å². The van der Waals surface area contributed by atoms with Gasteiger partial charge in [-0.1, -0.05) is 0 Å². The van der Waals surface area contributed by atoms with Crippen molar-refractivity contribution in [3.05, 3.63) is 35.1 Å². The van der Waals surface area contributed by atoms with E-state index in [0.29, 0.717) is 50.7 Å². The predicted molar refractivity (Wildman–Crippen MR) is 94.1 cm³/mol. The summed E-state index contributed by atoms with van der Waals surface area (Å²) >= 11 is 0. The molecule has 5 nitrogen and oxygen atoms in total. The topological polar surface area (TPSA) is 61.4 Å². The summed E-state index contributed by atoms with van der Waals surface area (Å²) in [6.07, 6.45) is -1.08. The van der Waals surface area contributed by atoms with E-state index in [1.165, 1.54) is 0 Å². The zero-order valence-corrected chi connectivity index (χ0v) is 15.3. The monoisotopic (exact) mass is 401 g/mol. The molecule has 2 N–H and O–H groups in total. The minimum Gasteiger partial charge on any atom is -0.352 e. The summed E-state index contributed by atoms with van der Waals surface area (Å²) in [6.45, 7) is 1.79. The van der Waals surface area contributed by atoms with E-state index in [9.17, 15) is 27.2 Å². The Kier molecular flexibility index (Phi) is 6.22. The highest BCUT2D eigenvalue weighted by atomic mass is 19.4. The number of rotatable bonds is 6. The molecule has 1 aliphatic carbocycles. The smallest absolute Gasteiger partial charge is 0.352 e. The Hall–Kier alpha value is -2.16. The Balaban J connectivity index is 1.45. The third kappa shape index (κ3) is 5.67. The number of nitrogens with one attached hydrogen (secondary N) is 2. The predicted octanol–water partition coefficient (Wildman–Crippen LogP) is 2.56. The molecule has 0 radical (unpaired) electrons. The summed E-state index contributed by atoms with van der Waals surface area (Å²) in [7, 11) is 0. The van der Waals surface area contributed by atoms with Crippen molar-refractivity contribution in [1.29, 1.82) is 0 Å². The number of benzene rings is 1. The zero-order valence-electron chi connectivity index (χ0n) is 15.3. The lowest BCUT2D eigenvalue weighted by Gasteiger charge is -2.32. The number of piperidine rings is 1. The van der Waals surface area contributed by atoms with Crippen molar-refractivity contribution >= 4 is 11.8 Å². The van der Waals surface area contributed by atoms with Crippen molar-refractivity contribution in [3.63, 3.8) is 0 Å². The summed E-state index contributed by atoms with van der Waals surface area (Å²) < 4.78 is 51.7. The molecule has 1 heterocycles. The van der Waals surface area contributed by atoms with Crippen molar-refractivity contribution in [2.45, 2.75) is 37.9 Å². The van der Waals surface area contributed by atoms with Crippen LogP contribution in [0, 0.1) is 11.7 Å². The largest absolute Gasteiger partial charge is 0.416 e. The van der Waals surface area contributed by atoms with Gasteiger partial charge in [-0.15, -0.1) is 0 Å². The summed E-state index contributed by atoms with van der Waals surface area (Å²) in [6, 6.07) is 2.27. The fourth-order valence-corrected chi connectivity index (χ4v) is 3.24. The van der Waals surface area contributed by atoms with Gasteiger partial charge in [0.1, 0.15) is 5.82 Å². The van der Waals surface area contributed by atoms with Gasteiger partial charge in [-0.2, -0.15) is 13.2 Å². The van der Waals surface area contributed by atoms with Crippen LogP contribution >= 0.6 is 0 Å². The van der Waals surface area contributed by atoms with Gasteiger partial charge >= 0.3 is 6.18 Å². The number of alkyl halides is 3. The second-order valence-electron chi connectivity index (χ2n) is 7.42. The zero-order chi connectivity index (χ0) is 20.3. The number of carbonyl (C=O) groups excluding carboxylic acids is 2. The Morgan fingerprint density at radius 3 is 2.36 bits per heavy atom. The van der Waals surface area contributed by atoms with E-state index in [4.69, 9.17) is 0 Å². The quantitative estimate of drug-likeness (QED) is 0.721. The molecule has 1 saturated heterocycles. The first-order valence-corrected chi connectivity index (χ1v) is 9.39. The van der Waals surface area contributed by atoms with Gasteiger partial charge in [0.15, 0.2) is 0 Å². The number of likely N-dealkylation sites (tertiary alicyclic amines) is 1. The Morgan fingerprint density at radius 2 is 1.75 bits per heavy atom. The lowest BCUT2D eigenvalue weighted by Crippen LogP contribution is -2.45. The van der Waals surface area contributed by atoms with Crippen LogP contribution < -0.4 is 10.6 Å². The summed E-state index contributed by atoms with van der Waals surface area (Å²) in [4.78, 5) is 26.0. The fraction of sp³-hybridized carbons (Fsp3) is 0.579. The third-order valence-electron chi connectivity index (χ3n) is 5.13. The van der Waals surface area contributed by atoms with Gasteiger partial charge in [-0.25, -0.2) is 4.39 Å². The first-order valence-electron chi connectivity index (χ1n) is 9.39. The maximum absolute atomic E-state index is 13.4. The van der Waals surface area contributed by atoms with Gasteiger partial charge in [0.05, 0.1) is 12.1 Å². The van der Waals surface area contributed by atoms with Crippen LogP contribution in [0.1, 0.15) is 41.6 Å². The Bertz CT molecular complexity index is 726. The minimum absolute atomic E-state index is 0.0637. The molecular weight excluding hydrogens is 378 g/mol. The normalized spacial score (nSPS) is 18.2. The highest BCUT2D eigenvalue weighted by molar-refractivity contribution is 5.94. The minimum atomic E-state index is -4.72. The molecule has 1 aromatic carbocycles. The molecule has 0 bridgehead atoms. The van der Waals surface area contributed by atoms with Crippen LogP contribution in [-0.2, 0) is 11.0 Å². The molecule has 0 spiro atoms. The molecule has 0 unspecified atom stereocenters. The van der Waals surface area contributed by atoms with Crippen molar-refractivity contribution in [1.82, 2.24) is 15.5 Å². The highest BCUT2D eigenvalue weighted by Crippen LogP contribution is 2.30. The van der Waals surface area contributed by atoms with Gasteiger partial charge in [-0.3, -0.25) is 9.59 Å². The van der Waals surface area contributed by atoms with E-state index in [2.05, 4.69) is 10.6 Å². The van der Waals surface area contributed by atoms with Gasteiger partial charge in [0.25, 0.3) is 5.91 Å². The van der Waals surface area contributed by atoms with Crippen molar-refractivity contribution in [2.24, 2.45) is 5.92 Å². The molecule has 1 aliphatic heterocycles. The van der Waals surface area contributed by atoms with E-state index < -0.39 is 23.5 Å². The molecule has 154 valence electrons. The molecule has 2 fully saturated rings. The summed E-state index contributed by atoms with van der Waals surface area (Å²) in [5, 5.41) is 5.76. The Morgan fingerprint density at radius 1 is 1.07 bits per heavy atom. The van der Waals surface area contributed by atoms with Crippen LogP contribution in [0.2, 0.25) is 0 Å². The lowest BCUT2D eigenvalue weighted by molar-refractivity contribution is -0.137. The van der Waals surface area contributed by atoms with Crippen LogP contribution in [0.15, 0.2) is 18.2 Å². The van der Waals surface area contributed by atoms with Gasteiger partial charge in [-0.05, 0) is 49.8 Å². The summed E-state index contributed by atoms with van der Waals surface area (Å²) in [5.74, 6) is -1.65. The molecule has 2 amide bonds. The molecule has 3 rings (SSSR count). The molecule has 2 aliphatic rings. The second-order valence-corrected chi connectivity index (χ2v) is 7.42. The average Bonchev–Trinajstić information content (AvgIpc) is 3.48. The van der Waals surface area contributed by atoms with Crippen molar-refractivity contribution in [2.75, 3.05) is 26.2 Å². The molecule has 0 aromatic heterocycles.